The van der Waals surface area contributed by atoms with Crippen LogP contribution in [0.25, 0.3) is 0 Å². The first kappa shape index (κ1) is 22.1. The van der Waals surface area contributed by atoms with Crippen LogP contribution in [0.4, 0.5) is 9.59 Å². The number of carbonyl (C=O) groups excluding carboxylic acids is 2. The number of aliphatic carboxylic acids is 2. The second kappa shape index (κ2) is 15.9. The monoisotopic (exact) mass is 302 g/mol. The molecule has 0 heterocycles. The number of ether oxygens (including phenoxy) is 2. The zero-order valence-electron chi connectivity index (χ0n) is 10.2. The van der Waals surface area contributed by atoms with Crippen molar-refractivity contribution in [3.8, 4) is 0 Å². The minimum absolute atomic E-state index is 0.278. The summed E-state index contributed by atoms with van der Waals surface area (Å²) in [6.07, 6.45) is -0.739. The van der Waals surface area contributed by atoms with Crippen LogP contribution in [-0.4, -0.2) is 61.0 Å². The Kier molecular flexibility index (Phi) is 18.6. The highest BCUT2D eigenvalue weighted by Gasteiger charge is 1.99. The normalized spacial score (nSPS) is 7.58. The Hall–Kier alpha value is -2.07. The molecule has 19 heavy (non-hydrogen) atoms. The molecule has 0 spiro atoms. The van der Waals surface area contributed by atoms with Crippen LogP contribution in [0, 0.1) is 0 Å². The maximum absolute atomic E-state index is 10.1. The fourth-order valence-corrected chi connectivity index (χ4v) is 0.220. The summed E-state index contributed by atoms with van der Waals surface area (Å²) in [4.78, 5) is 38.5. The number of halogens is 1. The van der Waals surface area contributed by atoms with Crippen LogP contribution >= 0.6 is 11.6 Å². The topological polar surface area (TPSA) is 165 Å². The predicted molar refractivity (Wildman–Crippen MR) is 63.0 cm³/mol. The van der Waals surface area contributed by atoms with Gasteiger partial charge in [-0.15, -0.1) is 0 Å². The highest BCUT2D eigenvalue weighted by Crippen LogP contribution is 1.78. The quantitative estimate of drug-likeness (QED) is 0.500. The molecular formula is C8H15ClN2O8. The molecule has 0 bridgehead atoms. The van der Waals surface area contributed by atoms with E-state index in [1.165, 1.54) is 7.11 Å². The largest absolute Gasteiger partial charge is 0.480 e. The number of nitrogens with two attached hydrogens (primary N) is 1. The van der Waals surface area contributed by atoms with Gasteiger partial charge in [0.05, 0.1) is 20.8 Å². The van der Waals surface area contributed by atoms with Gasteiger partial charge in [0.25, 0.3) is 0 Å². The van der Waals surface area contributed by atoms with Gasteiger partial charge in [-0.2, -0.15) is 0 Å². The molecule has 11 heteroatoms. The number of hydrogen-bond acceptors (Lipinski definition) is 7. The number of methoxy groups -OCH3 is 2. The van der Waals surface area contributed by atoms with Crippen molar-refractivity contribution in [2.75, 3.05) is 27.3 Å². The molecular weight excluding hydrogens is 288 g/mol. The second-order valence-electron chi connectivity index (χ2n) is 2.28. The Morgan fingerprint density at radius 2 is 1.47 bits per heavy atom. The Balaban J connectivity index is -0.000000219. The second-order valence-corrected chi connectivity index (χ2v) is 2.59. The molecule has 0 fully saturated rings. The van der Waals surface area contributed by atoms with E-state index in [1.54, 1.807) is 0 Å². The standard InChI is InChI=1S/C4H7NO4.C2H3ClO2.C2H5NO2/c1-9-4(8)5-2-3(6)7;1-5-2(3)4;3-1-2(4)5/h2H2,1H3,(H,5,8)(H,6,7);1H3;1,3H2,(H,4,5). The van der Waals surface area contributed by atoms with Gasteiger partial charge in [-0.1, -0.05) is 0 Å². The van der Waals surface area contributed by atoms with Gasteiger partial charge in [0.2, 0.25) is 0 Å². The Bertz CT molecular complexity index is 282. The highest BCUT2D eigenvalue weighted by atomic mass is 35.5. The number of alkyl carbamates (subject to hydrolysis) is 1. The van der Waals surface area contributed by atoms with Crippen LogP contribution in [-0.2, 0) is 19.1 Å². The van der Waals surface area contributed by atoms with Gasteiger partial charge in [-0.25, -0.2) is 9.59 Å². The lowest BCUT2D eigenvalue weighted by Gasteiger charge is -1.96. The number of carboxylic acid groups (broad SMARTS) is 2. The molecule has 10 nitrogen and oxygen atoms in total. The van der Waals surface area contributed by atoms with Crippen LogP contribution < -0.4 is 11.1 Å². The van der Waals surface area contributed by atoms with E-state index < -0.39 is 30.0 Å². The molecule has 0 aromatic carbocycles. The van der Waals surface area contributed by atoms with Crippen LogP contribution in [0.2, 0.25) is 0 Å². The highest BCUT2D eigenvalue weighted by molar-refractivity contribution is 6.61. The van der Waals surface area contributed by atoms with E-state index in [0.717, 1.165) is 7.11 Å². The SMILES string of the molecule is COC(=O)Cl.COC(=O)NCC(=O)O.NCC(=O)O. The Morgan fingerprint density at radius 3 is 1.63 bits per heavy atom. The molecule has 1 amide bonds. The van der Waals surface area contributed by atoms with Gasteiger partial charge >= 0.3 is 23.5 Å². The van der Waals surface area contributed by atoms with Crippen molar-refractivity contribution in [2.45, 2.75) is 0 Å². The molecule has 0 aliphatic carbocycles. The van der Waals surface area contributed by atoms with Crippen molar-refractivity contribution in [2.24, 2.45) is 5.73 Å². The number of hydrogen-bond donors (Lipinski definition) is 4. The van der Waals surface area contributed by atoms with Gasteiger partial charge in [-0.3, -0.25) is 9.59 Å². The zero-order chi connectivity index (χ0) is 15.8. The smallest absolute Gasteiger partial charge is 0.407 e. The average molecular weight is 303 g/mol. The number of carbonyl (C=O) groups is 4. The fraction of sp³-hybridized carbons (Fsp3) is 0.500. The van der Waals surface area contributed by atoms with E-state index in [4.69, 9.17) is 10.2 Å². The van der Waals surface area contributed by atoms with E-state index in [0.29, 0.717) is 0 Å². The molecule has 0 saturated carbocycles. The lowest BCUT2D eigenvalue weighted by atomic mass is 10.7. The maximum atomic E-state index is 10.1. The van der Waals surface area contributed by atoms with Crippen LogP contribution in [0.5, 0.6) is 0 Å². The summed E-state index contributed by atoms with van der Waals surface area (Å²) < 4.78 is 7.96. The van der Waals surface area contributed by atoms with Crippen molar-refractivity contribution >= 4 is 35.1 Å². The third-order valence-corrected chi connectivity index (χ3v) is 1.06. The molecule has 0 rings (SSSR count). The number of rotatable bonds is 3. The molecule has 0 aromatic heterocycles. The van der Waals surface area contributed by atoms with Gasteiger partial charge in [0.1, 0.15) is 6.54 Å². The number of nitrogens with one attached hydrogen (secondary N) is 1. The summed E-state index contributed by atoms with van der Waals surface area (Å²) in [6, 6.07) is 0. The third-order valence-electron chi connectivity index (χ3n) is 0.904. The van der Waals surface area contributed by atoms with E-state index in [-0.39, 0.29) is 6.54 Å². The molecule has 0 saturated heterocycles. The third kappa shape index (κ3) is 38.8. The zero-order valence-corrected chi connectivity index (χ0v) is 11.0. The first-order valence-corrected chi connectivity index (χ1v) is 4.77. The minimum atomic E-state index is -1.10. The molecule has 0 radical (unpaired) electrons. The van der Waals surface area contributed by atoms with Crippen molar-refractivity contribution in [3.63, 3.8) is 0 Å². The van der Waals surface area contributed by atoms with Crippen molar-refractivity contribution in [3.05, 3.63) is 0 Å². The fourth-order valence-electron chi connectivity index (χ4n) is 0.220. The van der Waals surface area contributed by atoms with E-state index in [9.17, 15) is 19.2 Å². The molecule has 5 N–H and O–H groups in total. The maximum Gasteiger partial charge on any atom is 0.407 e. The van der Waals surface area contributed by atoms with Gasteiger partial charge < -0.3 is 30.7 Å². The lowest BCUT2D eigenvalue weighted by molar-refractivity contribution is -0.136. The van der Waals surface area contributed by atoms with Crippen LogP contribution in [0.3, 0.4) is 0 Å². The molecule has 0 atom stereocenters. The Morgan fingerprint density at radius 1 is 1.11 bits per heavy atom. The van der Waals surface area contributed by atoms with Crippen molar-refractivity contribution in [1.29, 1.82) is 0 Å². The molecule has 0 unspecified atom stereocenters. The summed E-state index contributed by atoms with van der Waals surface area (Å²) in [5, 5.41) is 17.6. The summed E-state index contributed by atoms with van der Waals surface area (Å²) in [5.41, 5.74) is 3.80. The summed E-state index contributed by atoms with van der Waals surface area (Å²) in [5.74, 6) is -2.06. The van der Waals surface area contributed by atoms with Gasteiger partial charge in [0, 0.05) is 11.6 Å². The van der Waals surface area contributed by atoms with Crippen LogP contribution in [0.1, 0.15) is 0 Å². The lowest BCUT2D eigenvalue weighted by Crippen LogP contribution is -2.28. The molecule has 112 valence electrons. The summed E-state index contributed by atoms with van der Waals surface area (Å²) >= 11 is 4.60. The Labute approximate surface area is 113 Å². The number of amides is 1. The number of carboxylic acids is 2. The minimum Gasteiger partial charge on any atom is -0.480 e. The molecule has 0 aromatic rings. The van der Waals surface area contributed by atoms with Gasteiger partial charge in [0.15, 0.2) is 0 Å². The van der Waals surface area contributed by atoms with E-state index in [1.807, 2.05) is 5.32 Å². The van der Waals surface area contributed by atoms with E-state index in [2.05, 4.69) is 26.8 Å². The first-order valence-electron chi connectivity index (χ1n) is 4.40. The summed E-state index contributed by atoms with van der Waals surface area (Å²) in [6.45, 7) is -0.688. The first-order chi connectivity index (χ1) is 8.70. The average Bonchev–Trinajstić information content (AvgIpc) is 2.37. The summed E-state index contributed by atoms with van der Waals surface area (Å²) in [7, 11) is 2.38. The predicted octanol–water partition coefficient (Wildman–Crippen LogP) is -0.552. The van der Waals surface area contributed by atoms with E-state index >= 15 is 0 Å². The van der Waals surface area contributed by atoms with Gasteiger partial charge in [-0.05, 0) is 0 Å². The van der Waals surface area contributed by atoms with Crippen LogP contribution in [0.15, 0.2) is 0 Å². The molecule has 0 aliphatic heterocycles. The van der Waals surface area contributed by atoms with Crippen molar-refractivity contribution in [1.82, 2.24) is 5.32 Å². The molecule has 0 aliphatic rings. The van der Waals surface area contributed by atoms with Crippen molar-refractivity contribution < 1.29 is 38.9 Å².